The van der Waals surface area contributed by atoms with E-state index in [0.717, 1.165) is 6.92 Å². The SMILES string of the molecule is CC(N)C(C)(O)C(=O)OOC(=O)CN. The number of aliphatic hydroxyl groups is 1. The van der Waals surface area contributed by atoms with Gasteiger partial charge in [-0.1, -0.05) is 0 Å². The molecule has 0 saturated carbocycles. The quantitative estimate of drug-likeness (QED) is 0.361. The third-order valence-corrected chi connectivity index (χ3v) is 1.68. The molecule has 0 saturated heterocycles. The van der Waals surface area contributed by atoms with Crippen molar-refractivity contribution < 1.29 is 24.5 Å². The van der Waals surface area contributed by atoms with E-state index in [1.54, 1.807) is 0 Å². The van der Waals surface area contributed by atoms with Crippen LogP contribution < -0.4 is 11.5 Å². The van der Waals surface area contributed by atoms with Crippen molar-refractivity contribution in [3.8, 4) is 0 Å². The Morgan fingerprint density at radius 2 is 2.00 bits per heavy atom. The van der Waals surface area contributed by atoms with E-state index in [0.29, 0.717) is 0 Å². The van der Waals surface area contributed by atoms with E-state index in [1.165, 1.54) is 6.92 Å². The lowest BCUT2D eigenvalue weighted by Crippen LogP contribution is -2.51. The van der Waals surface area contributed by atoms with Gasteiger partial charge in [0.2, 0.25) is 0 Å². The zero-order chi connectivity index (χ0) is 11.4. The zero-order valence-electron chi connectivity index (χ0n) is 8.02. The molecule has 0 spiro atoms. The molecule has 0 bridgehead atoms. The summed E-state index contributed by atoms with van der Waals surface area (Å²) in [6, 6.07) is -0.855. The highest BCUT2D eigenvalue weighted by Gasteiger charge is 2.38. The Morgan fingerprint density at radius 3 is 2.36 bits per heavy atom. The first-order valence-electron chi connectivity index (χ1n) is 3.92. The van der Waals surface area contributed by atoms with Crippen LogP contribution in [0.3, 0.4) is 0 Å². The van der Waals surface area contributed by atoms with Crippen molar-refractivity contribution in [2.75, 3.05) is 6.54 Å². The molecule has 7 heteroatoms. The molecule has 0 radical (unpaired) electrons. The van der Waals surface area contributed by atoms with Crippen LogP contribution >= 0.6 is 0 Å². The van der Waals surface area contributed by atoms with Crippen molar-refractivity contribution in [3.05, 3.63) is 0 Å². The average Bonchev–Trinajstić information content (AvgIpc) is 2.12. The van der Waals surface area contributed by atoms with E-state index in [9.17, 15) is 14.7 Å². The number of hydrogen-bond acceptors (Lipinski definition) is 7. The largest absolute Gasteiger partial charge is 0.388 e. The Balaban J connectivity index is 4.15. The van der Waals surface area contributed by atoms with Crippen LogP contribution in [0.25, 0.3) is 0 Å². The molecular formula is C7H14N2O5. The molecular weight excluding hydrogens is 192 g/mol. The van der Waals surface area contributed by atoms with Gasteiger partial charge < -0.3 is 16.6 Å². The predicted molar refractivity (Wildman–Crippen MR) is 45.5 cm³/mol. The summed E-state index contributed by atoms with van der Waals surface area (Å²) >= 11 is 0. The van der Waals surface area contributed by atoms with Crippen LogP contribution in [-0.2, 0) is 19.4 Å². The Hall–Kier alpha value is -1.18. The van der Waals surface area contributed by atoms with Crippen molar-refractivity contribution >= 4 is 11.9 Å². The van der Waals surface area contributed by atoms with E-state index in [1.807, 2.05) is 0 Å². The molecule has 0 aliphatic rings. The maximum atomic E-state index is 11.1. The van der Waals surface area contributed by atoms with Crippen LogP contribution in [0.5, 0.6) is 0 Å². The zero-order valence-corrected chi connectivity index (χ0v) is 8.02. The van der Waals surface area contributed by atoms with Gasteiger partial charge in [-0.3, -0.25) is 0 Å². The summed E-state index contributed by atoms with van der Waals surface area (Å²) in [5.74, 6) is -2.06. The molecule has 0 aromatic heterocycles. The third-order valence-electron chi connectivity index (χ3n) is 1.68. The Kier molecular flexibility index (Phi) is 4.48. The minimum atomic E-state index is -1.91. The monoisotopic (exact) mass is 206 g/mol. The molecule has 5 N–H and O–H groups in total. The van der Waals surface area contributed by atoms with Gasteiger partial charge in [0.1, 0.15) is 0 Å². The lowest BCUT2D eigenvalue weighted by molar-refractivity contribution is -0.269. The van der Waals surface area contributed by atoms with Crippen molar-refractivity contribution in [1.82, 2.24) is 0 Å². The maximum Gasteiger partial charge on any atom is 0.388 e. The van der Waals surface area contributed by atoms with Crippen LogP contribution in [0.4, 0.5) is 0 Å². The van der Waals surface area contributed by atoms with E-state index in [2.05, 4.69) is 9.78 Å². The number of nitrogens with two attached hydrogens (primary N) is 2. The summed E-state index contributed by atoms with van der Waals surface area (Å²) in [4.78, 5) is 29.5. The molecule has 2 atom stereocenters. The molecule has 0 rings (SSSR count). The predicted octanol–water partition coefficient (Wildman–Crippen LogP) is -1.96. The van der Waals surface area contributed by atoms with Gasteiger partial charge in [-0.05, 0) is 13.8 Å². The fraction of sp³-hybridized carbons (Fsp3) is 0.714. The van der Waals surface area contributed by atoms with Crippen LogP contribution in [-0.4, -0.2) is 35.2 Å². The summed E-state index contributed by atoms with van der Waals surface area (Å²) in [5.41, 5.74) is 8.26. The number of carbonyl (C=O) groups excluding carboxylic acids is 2. The Morgan fingerprint density at radius 1 is 1.50 bits per heavy atom. The number of hydrogen-bond donors (Lipinski definition) is 3. The maximum absolute atomic E-state index is 11.1. The second-order valence-corrected chi connectivity index (χ2v) is 2.97. The van der Waals surface area contributed by atoms with Gasteiger partial charge in [0.25, 0.3) is 0 Å². The molecule has 0 aliphatic carbocycles. The van der Waals surface area contributed by atoms with Crippen LogP contribution in [0.15, 0.2) is 0 Å². The first-order chi connectivity index (χ1) is 6.32. The summed E-state index contributed by atoms with van der Waals surface area (Å²) in [6.45, 7) is 2.13. The van der Waals surface area contributed by atoms with Gasteiger partial charge in [0.15, 0.2) is 5.60 Å². The molecule has 7 nitrogen and oxygen atoms in total. The molecule has 0 aromatic rings. The minimum Gasteiger partial charge on any atom is -0.377 e. The first-order valence-corrected chi connectivity index (χ1v) is 3.92. The molecule has 0 amide bonds. The van der Waals surface area contributed by atoms with Crippen molar-refractivity contribution in [1.29, 1.82) is 0 Å². The normalized spacial score (nSPS) is 16.6. The fourth-order valence-corrected chi connectivity index (χ4v) is 0.389. The molecule has 0 aromatic carbocycles. The van der Waals surface area contributed by atoms with Crippen molar-refractivity contribution in [2.24, 2.45) is 11.5 Å². The topological polar surface area (TPSA) is 125 Å². The Labute approximate surface area is 80.9 Å². The highest BCUT2D eigenvalue weighted by molar-refractivity contribution is 5.80. The van der Waals surface area contributed by atoms with Crippen molar-refractivity contribution in [2.45, 2.75) is 25.5 Å². The molecule has 0 aliphatic heterocycles. The fourth-order valence-electron chi connectivity index (χ4n) is 0.389. The van der Waals surface area contributed by atoms with Crippen molar-refractivity contribution in [3.63, 3.8) is 0 Å². The molecule has 2 unspecified atom stereocenters. The second-order valence-electron chi connectivity index (χ2n) is 2.97. The summed E-state index contributed by atoms with van der Waals surface area (Å²) in [7, 11) is 0. The summed E-state index contributed by atoms with van der Waals surface area (Å²) in [5, 5.41) is 9.42. The van der Waals surface area contributed by atoms with Gasteiger partial charge >= 0.3 is 11.9 Å². The molecule has 0 heterocycles. The Bertz CT molecular complexity index is 226. The smallest absolute Gasteiger partial charge is 0.377 e. The highest BCUT2D eigenvalue weighted by atomic mass is 17.2. The van der Waals surface area contributed by atoms with E-state index >= 15 is 0 Å². The minimum absolute atomic E-state index is 0.423. The molecule has 82 valence electrons. The lowest BCUT2D eigenvalue weighted by atomic mass is 10.00. The lowest BCUT2D eigenvalue weighted by Gasteiger charge is -2.23. The van der Waals surface area contributed by atoms with Gasteiger partial charge in [0, 0.05) is 6.04 Å². The van der Waals surface area contributed by atoms with Crippen LogP contribution in [0.2, 0.25) is 0 Å². The summed E-state index contributed by atoms with van der Waals surface area (Å²) < 4.78 is 0. The standard InChI is InChI=1S/C7H14N2O5/c1-4(9)7(2,12)6(11)14-13-5(10)3-8/h4,12H,3,8-9H2,1-2H3. The third kappa shape index (κ3) is 3.29. The van der Waals surface area contributed by atoms with Gasteiger partial charge in [0.05, 0.1) is 6.54 Å². The number of carbonyl (C=O) groups is 2. The van der Waals surface area contributed by atoms with Crippen LogP contribution in [0, 0.1) is 0 Å². The van der Waals surface area contributed by atoms with E-state index < -0.39 is 30.1 Å². The molecule has 14 heavy (non-hydrogen) atoms. The van der Waals surface area contributed by atoms with Gasteiger partial charge in [-0.15, -0.1) is 0 Å². The first kappa shape index (κ1) is 12.8. The van der Waals surface area contributed by atoms with E-state index in [-0.39, 0.29) is 0 Å². The number of rotatable bonds is 3. The second kappa shape index (κ2) is 4.89. The van der Waals surface area contributed by atoms with Gasteiger partial charge in [-0.25, -0.2) is 19.4 Å². The summed E-state index contributed by atoms with van der Waals surface area (Å²) in [6.07, 6.45) is 0. The highest BCUT2D eigenvalue weighted by Crippen LogP contribution is 2.10. The van der Waals surface area contributed by atoms with Crippen LogP contribution in [0.1, 0.15) is 13.8 Å². The van der Waals surface area contributed by atoms with E-state index in [4.69, 9.17) is 11.5 Å². The molecule has 0 fully saturated rings. The average molecular weight is 206 g/mol. The van der Waals surface area contributed by atoms with Gasteiger partial charge in [-0.2, -0.15) is 0 Å².